The molecule has 0 aliphatic heterocycles. The molecule has 0 saturated heterocycles. The minimum Gasteiger partial charge on any atom is -0.361 e. The van der Waals surface area contributed by atoms with Crippen molar-refractivity contribution in [3.8, 4) is 0 Å². The molecule has 1 rings (SSSR count). The SMILES string of the molecule is CCC(C)c1noc(C)c1C=O. The van der Waals surface area contributed by atoms with E-state index in [9.17, 15) is 4.79 Å². The summed E-state index contributed by atoms with van der Waals surface area (Å²) in [6.45, 7) is 5.84. The van der Waals surface area contributed by atoms with E-state index in [1.807, 2.05) is 6.92 Å². The highest BCUT2D eigenvalue weighted by Crippen LogP contribution is 2.22. The molecule has 0 radical (unpaired) electrons. The number of aromatic nitrogens is 1. The zero-order valence-electron chi connectivity index (χ0n) is 7.63. The van der Waals surface area contributed by atoms with Gasteiger partial charge >= 0.3 is 0 Å². The normalized spacial score (nSPS) is 12.9. The van der Waals surface area contributed by atoms with Gasteiger partial charge in [0.05, 0.1) is 11.3 Å². The molecule has 1 unspecified atom stereocenters. The second kappa shape index (κ2) is 3.52. The van der Waals surface area contributed by atoms with Crippen molar-refractivity contribution < 1.29 is 9.32 Å². The lowest BCUT2D eigenvalue weighted by molar-refractivity contribution is 0.112. The summed E-state index contributed by atoms with van der Waals surface area (Å²) < 4.78 is 4.93. The lowest BCUT2D eigenvalue weighted by atomic mass is 10.0. The third-order valence-electron chi connectivity index (χ3n) is 2.13. The number of carbonyl (C=O) groups is 1. The maximum Gasteiger partial charge on any atom is 0.155 e. The molecule has 3 nitrogen and oxygen atoms in total. The monoisotopic (exact) mass is 167 g/mol. The van der Waals surface area contributed by atoms with Gasteiger partial charge in [-0.1, -0.05) is 19.0 Å². The van der Waals surface area contributed by atoms with Crippen LogP contribution in [-0.2, 0) is 0 Å². The van der Waals surface area contributed by atoms with E-state index in [0.29, 0.717) is 17.2 Å². The van der Waals surface area contributed by atoms with E-state index < -0.39 is 0 Å². The number of hydrogen-bond donors (Lipinski definition) is 0. The standard InChI is InChI=1S/C9H13NO2/c1-4-6(2)9-8(5-11)7(3)12-10-9/h5-6H,4H2,1-3H3. The molecule has 0 fully saturated rings. The van der Waals surface area contributed by atoms with Crippen LogP contribution in [0.1, 0.15) is 48.0 Å². The smallest absolute Gasteiger partial charge is 0.155 e. The van der Waals surface area contributed by atoms with E-state index in [4.69, 9.17) is 4.52 Å². The summed E-state index contributed by atoms with van der Waals surface area (Å²) in [6.07, 6.45) is 1.78. The molecule has 1 atom stereocenters. The third-order valence-corrected chi connectivity index (χ3v) is 2.13. The number of carbonyl (C=O) groups excluding carboxylic acids is 1. The molecule has 3 heteroatoms. The Balaban J connectivity index is 3.06. The van der Waals surface area contributed by atoms with Gasteiger partial charge in [-0.25, -0.2) is 0 Å². The third kappa shape index (κ3) is 1.40. The molecule has 0 aliphatic rings. The van der Waals surface area contributed by atoms with Crippen LogP contribution in [0, 0.1) is 6.92 Å². The van der Waals surface area contributed by atoms with Gasteiger partial charge in [0, 0.05) is 5.92 Å². The fourth-order valence-corrected chi connectivity index (χ4v) is 1.09. The van der Waals surface area contributed by atoms with Crippen molar-refractivity contribution in [3.05, 3.63) is 17.0 Å². The average molecular weight is 167 g/mol. The summed E-state index contributed by atoms with van der Waals surface area (Å²) in [5.41, 5.74) is 1.40. The molecular weight excluding hydrogens is 154 g/mol. The first-order valence-corrected chi connectivity index (χ1v) is 4.12. The van der Waals surface area contributed by atoms with Crippen molar-refractivity contribution in [3.63, 3.8) is 0 Å². The molecular formula is C9H13NO2. The number of aryl methyl sites for hydroxylation is 1. The van der Waals surface area contributed by atoms with Crippen molar-refractivity contribution in [2.24, 2.45) is 0 Å². The quantitative estimate of drug-likeness (QED) is 0.649. The van der Waals surface area contributed by atoms with Gasteiger partial charge in [-0.2, -0.15) is 0 Å². The van der Waals surface area contributed by atoms with E-state index in [-0.39, 0.29) is 0 Å². The Morgan fingerprint density at radius 3 is 2.83 bits per heavy atom. The first kappa shape index (κ1) is 8.97. The fraction of sp³-hybridized carbons (Fsp3) is 0.556. The number of rotatable bonds is 3. The average Bonchev–Trinajstić information content (AvgIpc) is 2.45. The first-order valence-electron chi connectivity index (χ1n) is 4.12. The molecule has 0 aromatic carbocycles. The van der Waals surface area contributed by atoms with Crippen LogP contribution in [0.5, 0.6) is 0 Å². The summed E-state index contributed by atoms with van der Waals surface area (Å²) in [7, 11) is 0. The molecule has 1 aromatic heterocycles. The first-order chi connectivity index (χ1) is 5.70. The van der Waals surface area contributed by atoms with E-state index in [2.05, 4.69) is 12.1 Å². The summed E-state index contributed by atoms with van der Waals surface area (Å²) in [5.74, 6) is 0.906. The summed E-state index contributed by atoms with van der Waals surface area (Å²) >= 11 is 0. The Hall–Kier alpha value is -1.12. The Morgan fingerprint density at radius 2 is 2.33 bits per heavy atom. The molecule has 0 aliphatic carbocycles. The molecule has 66 valence electrons. The molecule has 0 N–H and O–H groups in total. The second-order valence-electron chi connectivity index (χ2n) is 2.96. The van der Waals surface area contributed by atoms with Gasteiger partial charge in [0.15, 0.2) is 6.29 Å². The molecule has 1 heterocycles. The number of hydrogen-bond acceptors (Lipinski definition) is 3. The second-order valence-corrected chi connectivity index (χ2v) is 2.96. The Kier molecular flexibility index (Phi) is 2.63. The molecule has 0 saturated carbocycles. The summed E-state index contributed by atoms with van der Waals surface area (Å²) in [5, 5.41) is 3.85. The lowest BCUT2D eigenvalue weighted by Gasteiger charge is -2.02. The van der Waals surface area contributed by atoms with Crippen molar-refractivity contribution in [2.45, 2.75) is 33.1 Å². The maximum absolute atomic E-state index is 10.6. The molecule has 12 heavy (non-hydrogen) atoms. The molecule has 0 amide bonds. The topological polar surface area (TPSA) is 43.1 Å². The van der Waals surface area contributed by atoms with E-state index in [1.165, 1.54) is 0 Å². The van der Waals surface area contributed by atoms with Gasteiger partial charge < -0.3 is 4.52 Å². The predicted octanol–water partition coefficient (Wildman–Crippen LogP) is 2.31. The molecule has 1 aromatic rings. The van der Waals surface area contributed by atoms with Crippen LogP contribution >= 0.6 is 0 Å². The van der Waals surface area contributed by atoms with Crippen LogP contribution < -0.4 is 0 Å². The van der Waals surface area contributed by atoms with Gasteiger partial charge in [0.2, 0.25) is 0 Å². The van der Waals surface area contributed by atoms with Gasteiger partial charge in [0.25, 0.3) is 0 Å². The van der Waals surface area contributed by atoms with Gasteiger partial charge in [-0.15, -0.1) is 0 Å². The highest BCUT2D eigenvalue weighted by molar-refractivity contribution is 5.77. The zero-order chi connectivity index (χ0) is 9.14. The van der Waals surface area contributed by atoms with Crippen LogP contribution in [0.4, 0.5) is 0 Å². The van der Waals surface area contributed by atoms with E-state index in [0.717, 1.165) is 18.4 Å². The van der Waals surface area contributed by atoms with E-state index in [1.54, 1.807) is 6.92 Å². The van der Waals surface area contributed by atoms with Crippen LogP contribution in [0.3, 0.4) is 0 Å². The highest BCUT2D eigenvalue weighted by Gasteiger charge is 2.16. The largest absolute Gasteiger partial charge is 0.361 e. The zero-order valence-corrected chi connectivity index (χ0v) is 7.63. The van der Waals surface area contributed by atoms with E-state index >= 15 is 0 Å². The number of aldehydes is 1. The Morgan fingerprint density at radius 1 is 1.67 bits per heavy atom. The summed E-state index contributed by atoms with van der Waals surface area (Å²) in [4.78, 5) is 10.6. The van der Waals surface area contributed by atoms with Crippen LogP contribution in [0.15, 0.2) is 4.52 Å². The highest BCUT2D eigenvalue weighted by atomic mass is 16.5. The van der Waals surface area contributed by atoms with Crippen LogP contribution in [0.25, 0.3) is 0 Å². The minimum absolute atomic E-state index is 0.294. The van der Waals surface area contributed by atoms with Crippen molar-refractivity contribution in [1.29, 1.82) is 0 Å². The van der Waals surface area contributed by atoms with Crippen molar-refractivity contribution in [1.82, 2.24) is 5.16 Å². The predicted molar refractivity (Wildman–Crippen MR) is 45.3 cm³/mol. The van der Waals surface area contributed by atoms with Crippen molar-refractivity contribution >= 4 is 6.29 Å². The number of nitrogens with zero attached hydrogens (tertiary/aromatic N) is 1. The fourth-order valence-electron chi connectivity index (χ4n) is 1.09. The lowest BCUT2D eigenvalue weighted by Crippen LogP contribution is -1.96. The van der Waals surface area contributed by atoms with Crippen molar-refractivity contribution in [2.75, 3.05) is 0 Å². The Labute approximate surface area is 71.7 Å². The minimum atomic E-state index is 0.294. The van der Waals surface area contributed by atoms with Gasteiger partial charge in [-0.05, 0) is 13.3 Å². The maximum atomic E-state index is 10.6. The Bertz CT molecular complexity index is 278. The molecule has 0 bridgehead atoms. The van der Waals surface area contributed by atoms with Crippen LogP contribution in [-0.4, -0.2) is 11.4 Å². The van der Waals surface area contributed by atoms with Gasteiger partial charge in [-0.3, -0.25) is 4.79 Å². The van der Waals surface area contributed by atoms with Crippen LogP contribution in [0.2, 0.25) is 0 Å². The summed E-state index contributed by atoms with van der Waals surface area (Å²) in [6, 6.07) is 0. The van der Waals surface area contributed by atoms with Gasteiger partial charge in [0.1, 0.15) is 5.76 Å². The molecule has 0 spiro atoms.